The fourth-order valence-corrected chi connectivity index (χ4v) is 2.20. The molecule has 142 valence electrons. The molecule has 0 bridgehead atoms. The first-order valence-electron chi connectivity index (χ1n) is 8.27. The molecule has 7 heteroatoms. The van der Waals surface area contributed by atoms with Crippen molar-refractivity contribution in [3.8, 4) is 5.75 Å². The van der Waals surface area contributed by atoms with Crippen LogP contribution in [0.25, 0.3) is 6.08 Å². The van der Waals surface area contributed by atoms with Crippen LogP contribution in [0.4, 0.5) is 16.2 Å². The van der Waals surface area contributed by atoms with E-state index in [1.807, 2.05) is 24.3 Å². The number of hydrogen-bond donors (Lipinski definition) is 2. The van der Waals surface area contributed by atoms with Crippen LogP contribution in [0.2, 0.25) is 0 Å². The molecule has 0 heterocycles. The summed E-state index contributed by atoms with van der Waals surface area (Å²) in [6.07, 6.45) is 2.49. The highest BCUT2D eigenvalue weighted by Crippen LogP contribution is 2.19. The second-order valence-electron chi connectivity index (χ2n) is 5.40. The number of para-hydroxylation sites is 1. The van der Waals surface area contributed by atoms with Gasteiger partial charge < -0.3 is 19.5 Å². The standard InChI is InChI=1S/C20H22N2O5/c1-25-12-13-27-20(24)22-17-8-5-7-16(14-17)21-19(23)11-10-15-6-3-4-9-18(15)26-2/h3-11,14H,12-13H2,1-2H3,(H,21,23)(H,22,24)/b11-10+. The highest BCUT2D eigenvalue weighted by molar-refractivity contribution is 6.02. The van der Waals surface area contributed by atoms with Crippen molar-refractivity contribution in [2.45, 2.75) is 0 Å². The second kappa shape index (κ2) is 10.6. The van der Waals surface area contributed by atoms with E-state index in [0.29, 0.717) is 23.7 Å². The van der Waals surface area contributed by atoms with Crippen LogP contribution in [0, 0.1) is 0 Å². The molecular formula is C20H22N2O5. The molecule has 0 aliphatic carbocycles. The van der Waals surface area contributed by atoms with Crippen molar-refractivity contribution in [2.24, 2.45) is 0 Å². The lowest BCUT2D eigenvalue weighted by Crippen LogP contribution is -2.16. The quantitative estimate of drug-likeness (QED) is 0.548. The summed E-state index contributed by atoms with van der Waals surface area (Å²) in [5.41, 5.74) is 1.84. The molecule has 0 saturated carbocycles. The van der Waals surface area contributed by atoms with Crippen molar-refractivity contribution in [1.82, 2.24) is 0 Å². The predicted octanol–water partition coefficient (Wildman–Crippen LogP) is 3.54. The summed E-state index contributed by atoms with van der Waals surface area (Å²) in [7, 11) is 3.10. The number of benzene rings is 2. The zero-order chi connectivity index (χ0) is 19.5. The lowest BCUT2D eigenvalue weighted by Gasteiger charge is -2.08. The third-order valence-electron chi connectivity index (χ3n) is 3.45. The van der Waals surface area contributed by atoms with Gasteiger partial charge in [-0.1, -0.05) is 24.3 Å². The van der Waals surface area contributed by atoms with Crippen LogP contribution in [0.15, 0.2) is 54.6 Å². The molecule has 2 amide bonds. The Labute approximate surface area is 157 Å². The van der Waals surface area contributed by atoms with Gasteiger partial charge in [0.05, 0.1) is 13.7 Å². The van der Waals surface area contributed by atoms with Crippen molar-refractivity contribution < 1.29 is 23.8 Å². The van der Waals surface area contributed by atoms with Gasteiger partial charge in [0.1, 0.15) is 12.4 Å². The van der Waals surface area contributed by atoms with E-state index in [4.69, 9.17) is 14.2 Å². The molecule has 0 fully saturated rings. The zero-order valence-electron chi connectivity index (χ0n) is 15.2. The minimum atomic E-state index is -0.591. The molecule has 2 aromatic carbocycles. The van der Waals surface area contributed by atoms with Crippen LogP contribution in [-0.4, -0.2) is 39.4 Å². The van der Waals surface area contributed by atoms with Crippen molar-refractivity contribution >= 4 is 29.5 Å². The first-order chi connectivity index (χ1) is 13.1. The van der Waals surface area contributed by atoms with E-state index >= 15 is 0 Å². The van der Waals surface area contributed by atoms with E-state index in [1.165, 1.54) is 13.2 Å². The average molecular weight is 370 g/mol. The summed E-state index contributed by atoms with van der Waals surface area (Å²) in [6, 6.07) is 14.1. The Hall–Kier alpha value is -3.32. The van der Waals surface area contributed by atoms with Crippen LogP contribution in [0.5, 0.6) is 5.75 Å². The Morgan fingerprint density at radius 1 is 0.963 bits per heavy atom. The van der Waals surface area contributed by atoms with Gasteiger partial charge in [-0.15, -0.1) is 0 Å². The van der Waals surface area contributed by atoms with E-state index in [9.17, 15) is 9.59 Å². The molecule has 0 aromatic heterocycles. The number of carbonyl (C=O) groups is 2. The Balaban J connectivity index is 1.94. The lowest BCUT2D eigenvalue weighted by atomic mass is 10.2. The Morgan fingerprint density at radius 3 is 2.44 bits per heavy atom. The molecule has 2 N–H and O–H groups in total. The predicted molar refractivity (Wildman–Crippen MR) is 104 cm³/mol. The number of ether oxygens (including phenoxy) is 3. The molecule has 2 rings (SSSR count). The average Bonchev–Trinajstić information content (AvgIpc) is 2.67. The fraction of sp³-hybridized carbons (Fsp3) is 0.200. The van der Waals surface area contributed by atoms with Crippen molar-refractivity contribution in [1.29, 1.82) is 0 Å². The van der Waals surface area contributed by atoms with Crippen molar-refractivity contribution in [3.05, 3.63) is 60.2 Å². The number of hydrogen-bond acceptors (Lipinski definition) is 5. The largest absolute Gasteiger partial charge is 0.496 e. The van der Waals surface area contributed by atoms with Crippen LogP contribution in [-0.2, 0) is 14.3 Å². The van der Waals surface area contributed by atoms with Crippen LogP contribution in [0.3, 0.4) is 0 Å². The molecular weight excluding hydrogens is 348 g/mol. The second-order valence-corrected chi connectivity index (χ2v) is 5.40. The van der Waals surface area contributed by atoms with Gasteiger partial charge in [-0.3, -0.25) is 10.1 Å². The minimum absolute atomic E-state index is 0.159. The third-order valence-corrected chi connectivity index (χ3v) is 3.45. The molecule has 0 aliphatic rings. The number of anilines is 2. The number of rotatable bonds is 8. The van der Waals surface area contributed by atoms with Gasteiger partial charge in [0.15, 0.2) is 0 Å². The zero-order valence-corrected chi connectivity index (χ0v) is 15.2. The first kappa shape index (κ1) is 20.0. The number of methoxy groups -OCH3 is 2. The van der Waals surface area contributed by atoms with Gasteiger partial charge in [-0.25, -0.2) is 4.79 Å². The van der Waals surface area contributed by atoms with Crippen LogP contribution >= 0.6 is 0 Å². The fourth-order valence-electron chi connectivity index (χ4n) is 2.20. The third kappa shape index (κ3) is 6.83. The Morgan fingerprint density at radius 2 is 1.70 bits per heavy atom. The maximum atomic E-state index is 12.1. The SMILES string of the molecule is COCCOC(=O)Nc1cccc(NC(=O)/C=C/c2ccccc2OC)c1. The molecule has 27 heavy (non-hydrogen) atoms. The summed E-state index contributed by atoms with van der Waals surface area (Å²) in [5.74, 6) is 0.375. The van der Waals surface area contributed by atoms with Gasteiger partial charge in [-0.2, -0.15) is 0 Å². The summed E-state index contributed by atoms with van der Waals surface area (Å²) in [4.78, 5) is 23.8. The van der Waals surface area contributed by atoms with E-state index in [1.54, 1.807) is 37.5 Å². The summed E-state index contributed by atoms with van der Waals surface area (Å²) >= 11 is 0. The highest BCUT2D eigenvalue weighted by Gasteiger charge is 2.05. The van der Waals surface area contributed by atoms with E-state index in [2.05, 4.69) is 10.6 Å². The maximum Gasteiger partial charge on any atom is 0.411 e. The van der Waals surface area contributed by atoms with Gasteiger partial charge >= 0.3 is 6.09 Å². The highest BCUT2D eigenvalue weighted by atomic mass is 16.6. The molecule has 0 radical (unpaired) electrons. The summed E-state index contributed by atoms with van der Waals surface area (Å²) < 4.78 is 15.0. The van der Waals surface area contributed by atoms with Crippen LogP contribution in [0.1, 0.15) is 5.56 Å². The molecule has 7 nitrogen and oxygen atoms in total. The van der Waals surface area contributed by atoms with Crippen LogP contribution < -0.4 is 15.4 Å². The topological polar surface area (TPSA) is 85.9 Å². The molecule has 2 aromatic rings. The molecule has 0 aliphatic heterocycles. The van der Waals surface area contributed by atoms with Gasteiger partial charge in [0, 0.05) is 30.1 Å². The Kier molecular flexibility index (Phi) is 7.87. The molecule has 0 unspecified atom stereocenters. The van der Waals surface area contributed by atoms with E-state index < -0.39 is 6.09 Å². The monoisotopic (exact) mass is 370 g/mol. The van der Waals surface area contributed by atoms with Gasteiger partial charge in [0.25, 0.3) is 0 Å². The van der Waals surface area contributed by atoms with E-state index in [-0.39, 0.29) is 12.5 Å². The lowest BCUT2D eigenvalue weighted by molar-refractivity contribution is -0.111. The van der Waals surface area contributed by atoms with Crippen molar-refractivity contribution in [3.63, 3.8) is 0 Å². The molecule has 0 atom stereocenters. The summed E-state index contributed by atoms with van der Waals surface area (Å²) in [5, 5.41) is 5.32. The Bertz CT molecular complexity index is 804. The van der Waals surface area contributed by atoms with E-state index in [0.717, 1.165) is 5.56 Å². The minimum Gasteiger partial charge on any atom is -0.496 e. The number of amides is 2. The number of carbonyl (C=O) groups excluding carboxylic acids is 2. The normalized spacial score (nSPS) is 10.4. The van der Waals surface area contributed by atoms with Crippen molar-refractivity contribution in [2.75, 3.05) is 38.1 Å². The van der Waals surface area contributed by atoms with Gasteiger partial charge in [0.2, 0.25) is 5.91 Å². The smallest absolute Gasteiger partial charge is 0.411 e. The first-order valence-corrected chi connectivity index (χ1v) is 8.27. The molecule has 0 spiro atoms. The van der Waals surface area contributed by atoms with Gasteiger partial charge in [-0.05, 0) is 30.3 Å². The maximum absolute atomic E-state index is 12.1. The summed E-state index contributed by atoms with van der Waals surface area (Å²) in [6.45, 7) is 0.481. The molecule has 0 saturated heterocycles. The number of nitrogens with one attached hydrogen (secondary N) is 2.